The second-order valence-electron chi connectivity index (χ2n) is 6.33. The van der Waals surface area contributed by atoms with E-state index in [9.17, 15) is 14.7 Å². The minimum atomic E-state index is -0.958. The fraction of sp³-hybridized carbons (Fsp3) is 0.600. The van der Waals surface area contributed by atoms with Crippen molar-refractivity contribution in [1.29, 1.82) is 0 Å². The number of epoxide rings is 1. The van der Waals surface area contributed by atoms with E-state index in [2.05, 4.69) is 13.0 Å². The van der Waals surface area contributed by atoms with E-state index in [1.165, 1.54) is 5.57 Å². The Hall–Kier alpha value is -1.62. The van der Waals surface area contributed by atoms with E-state index in [4.69, 9.17) is 9.47 Å². The molecule has 5 nitrogen and oxygen atoms in total. The molecule has 2 heterocycles. The van der Waals surface area contributed by atoms with Gasteiger partial charge in [0, 0.05) is 16.9 Å². The van der Waals surface area contributed by atoms with Gasteiger partial charge in [-0.25, -0.2) is 9.59 Å². The Morgan fingerprint density at radius 2 is 2.20 bits per heavy atom. The summed E-state index contributed by atoms with van der Waals surface area (Å²) in [5, 5.41) is 9.44. The van der Waals surface area contributed by atoms with Gasteiger partial charge in [-0.3, -0.25) is 0 Å². The average molecular weight is 276 g/mol. The van der Waals surface area contributed by atoms with Crippen LogP contribution in [-0.4, -0.2) is 35.9 Å². The summed E-state index contributed by atoms with van der Waals surface area (Å²) in [4.78, 5) is 23.7. The largest absolute Gasteiger partial charge is 0.478 e. The van der Waals surface area contributed by atoms with Gasteiger partial charge >= 0.3 is 11.9 Å². The van der Waals surface area contributed by atoms with Crippen molar-refractivity contribution in [2.24, 2.45) is 23.2 Å². The second kappa shape index (κ2) is 3.34. The van der Waals surface area contributed by atoms with Gasteiger partial charge in [0.1, 0.15) is 0 Å². The summed E-state index contributed by atoms with van der Waals surface area (Å²) in [7, 11) is 0. The predicted octanol–water partition coefficient (Wildman–Crippen LogP) is 1.15. The Kier molecular flexibility index (Phi) is 2.03. The molecule has 0 radical (unpaired) electrons. The van der Waals surface area contributed by atoms with Crippen LogP contribution in [-0.2, 0) is 19.1 Å². The number of carbonyl (C=O) groups is 2. The molecule has 4 aliphatic rings. The smallest absolute Gasteiger partial charge is 0.341 e. The molecular formula is C15H16O5. The van der Waals surface area contributed by atoms with Crippen LogP contribution in [0.25, 0.3) is 0 Å². The van der Waals surface area contributed by atoms with Crippen LogP contribution in [0.15, 0.2) is 23.3 Å². The maximum absolute atomic E-state index is 12.2. The van der Waals surface area contributed by atoms with Crippen LogP contribution in [0.5, 0.6) is 0 Å². The highest BCUT2D eigenvalue weighted by Gasteiger charge is 2.78. The zero-order valence-electron chi connectivity index (χ0n) is 11.4. The Bertz CT molecular complexity index is 597. The Morgan fingerprint density at radius 1 is 1.50 bits per heavy atom. The average Bonchev–Trinajstić information content (AvgIpc) is 3.07. The van der Waals surface area contributed by atoms with Crippen molar-refractivity contribution in [3.8, 4) is 0 Å². The predicted molar refractivity (Wildman–Crippen MR) is 67.7 cm³/mol. The molecule has 0 aromatic heterocycles. The highest BCUT2D eigenvalue weighted by atomic mass is 16.6. The van der Waals surface area contributed by atoms with Gasteiger partial charge in [-0.05, 0) is 18.8 Å². The van der Waals surface area contributed by atoms with Gasteiger partial charge in [0.2, 0.25) is 0 Å². The third-order valence-corrected chi connectivity index (χ3v) is 5.68. The first-order valence-corrected chi connectivity index (χ1v) is 6.89. The van der Waals surface area contributed by atoms with E-state index in [1.54, 1.807) is 0 Å². The number of carboxylic acids is 1. The zero-order chi connectivity index (χ0) is 14.3. The number of hydrogen-bond acceptors (Lipinski definition) is 4. The number of esters is 1. The third-order valence-electron chi connectivity index (χ3n) is 5.68. The van der Waals surface area contributed by atoms with Crippen molar-refractivity contribution >= 4 is 11.9 Å². The number of carbonyl (C=O) groups excluding carboxylic acids is 1. The van der Waals surface area contributed by atoms with E-state index in [-0.39, 0.29) is 30.3 Å². The lowest BCUT2D eigenvalue weighted by atomic mass is 9.61. The SMILES string of the molecule is CC1=C[C@@]23[C@@H](COC(=O)[C@]24CO4)C(C(=O)O)=C[C@H]3[C@H]1C. The minimum absolute atomic E-state index is 0.00829. The topological polar surface area (TPSA) is 76.1 Å². The first kappa shape index (κ1) is 12.1. The number of ether oxygens (including phenoxy) is 2. The molecule has 2 spiro atoms. The van der Waals surface area contributed by atoms with Gasteiger partial charge in [-0.1, -0.05) is 24.6 Å². The quantitative estimate of drug-likeness (QED) is 0.442. The molecule has 0 saturated carbocycles. The molecule has 2 fully saturated rings. The molecule has 1 N–H and O–H groups in total. The van der Waals surface area contributed by atoms with Crippen LogP contribution in [0.1, 0.15) is 13.8 Å². The summed E-state index contributed by atoms with van der Waals surface area (Å²) in [6.07, 6.45) is 3.92. The van der Waals surface area contributed by atoms with Gasteiger partial charge < -0.3 is 14.6 Å². The molecule has 2 saturated heterocycles. The lowest BCUT2D eigenvalue weighted by molar-refractivity contribution is -0.170. The van der Waals surface area contributed by atoms with E-state index < -0.39 is 17.0 Å². The summed E-state index contributed by atoms with van der Waals surface area (Å²) in [5.74, 6) is -1.33. The Balaban J connectivity index is 1.92. The summed E-state index contributed by atoms with van der Waals surface area (Å²) >= 11 is 0. The lowest BCUT2D eigenvalue weighted by Crippen LogP contribution is -2.56. The Morgan fingerprint density at radius 3 is 2.80 bits per heavy atom. The molecule has 0 unspecified atom stereocenters. The van der Waals surface area contributed by atoms with Crippen LogP contribution in [0, 0.1) is 23.2 Å². The summed E-state index contributed by atoms with van der Waals surface area (Å²) < 4.78 is 10.8. The van der Waals surface area contributed by atoms with Crippen LogP contribution < -0.4 is 0 Å². The molecule has 5 heteroatoms. The summed E-state index contributed by atoms with van der Waals surface area (Å²) in [6.45, 7) is 4.59. The lowest BCUT2D eigenvalue weighted by Gasteiger charge is -2.43. The molecule has 5 atom stereocenters. The number of hydrogen-bond donors (Lipinski definition) is 1. The van der Waals surface area contributed by atoms with Crippen molar-refractivity contribution in [1.82, 2.24) is 0 Å². The van der Waals surface area contributed by atoms with Crippen LogP contribution in [0.4, 0.5) is 0 Å². The number of allylic oxidation sites excluding steroid dienone is 2. The number of aliphatic carboxylic acids is 1. The zero-order valence-corrected chi connectivity index (χ0v) is 11.4. The fourth-order valence-corrected chi connectivity index (χ4v) is 4.49. The van der Waals surface area contributed by atoms with E-state index in [0.29, 0.717) is 12.2 Å². The van der Waals surface area contributed by atoms with Crippen molar-refractivity contribution in [2.45, 2.75) is 19.4 Å². The standard InChI is InChI=1S/C15H16O5/c1-7-4-14-10(8(7)2)3-9(12(16)17)11(14)5-19-13(18)15(14)6-20-15/h3-4,8,10-11H,5-6H2,1-2H3,(H,16,17)/t8-,10-,11-,14+,15+/m0/s1. The highest BCUT2D eigenvalue weighted by Crippen LogP contribution is 2.68. The van der Waals surface area contributed by atoms with E-state index in [1.807, 2.05) is 13.0 Å². The van der Waals surface area contributed by atoms with Gasteiger partial charge in [0.05, 0.1) is 13.2 Å². The monoisotopic (exact) mass is 276 g/mol. The van der Waals surface area contributed by atoms with Crippen molar-refractivity contribution in [3.63, 3.8) is 0 Å². The molecule has 0 aromatic carbocycles. The van der Waals surface area contributed by atoms with E-state index >= 15 is 0 Å². The van der Waals surface area contributed by atoms with Crippen molar-refractivity contribution < 1.29 is 24.2 Å². The molecule has 20 heavy (non-hydrogen) atoms. The number of rotatable bonds is 1. The van der Waals surface area contributed by atoms with Gasteiger partial charge in [0.15, 0.2) is 5.60 Å². The molecular weight excluding hydrogens is 260 g/mol. The maximum Gasteiger partial charge on any atom is 0.341 e. The second-order valence-corrected chi connectivity index (χ2v) is 6.33. The van der Waals surface area contributed by atoms with Gasteiger partial charge in [-0.2, -0.15) is 0 Å². The van der Waals surface area contributed by atoms with Crippen molar-refractivity contribution in [2.75, 3.05) is 13.2 Å². The first-order chi connectivity index (χ1) is 9.44. The fourth-order valence-electron chi connectivity index (χ4n) is 4.49. The summed E-state index contributed by atoms with van der Waals surface area (Å²) in [6, 6.07) is 0. The molecule has 0 bridgehead atoms. The van der Waals surface area contributed by atoms with E-state index in [0.717, 1.165) is 0 Å². The molecule has 0 aromatic rings. The Labute approximate surface area is 116 Å². The van der Waals surface area contributed by atoms with Gasteiger partial charge in [0.25, 0.3) is 0 Å². The van der Waals surface area contributed by atoms with Crippen LogP contribution in [0.3, 0.4) is 0 Å². The minimum Gasteiger partial charge on any atom is -0.478 e. The molecule has 106 valence electrons. The third kappa shape index (κ3) is 1.06. The molecule has 2 aliphatic carbocycles. The maximum atomic E-state index is 12.2. The van der Waals surface area contributed by atoms with Gasteiger partial charge in [-0.15, -0.1) is 0 Å². The highest BCUT2D eigenvalue weighted by molar-refractivity contribution is 5.92. The first-order valence-electron chi connectivity index (χ1n) is 6.89. The normalized spacial score (nSPS) is 48.3. The molecule has 4 rings (SSSR count). The molecule has 0 amide bonds. The number of carboxylic acid groups (broad SMARTS) is 1. The van der Waals surface area contributed by atoms with Crippen LogP contribution in [0.2, 0.25) is 0 Å². The van der Waals surface area contributed by atoms with Crippen molar-refractivity contribution in [3.05, 3.63) is 23.3 Å². The number of cyclic esters (lactones) is 1. The van der Waals surface area contributed by atoms with Crippen LogP contribution >= 0.6 is 0 Å². The molecule has 2 aliphatic heterocycles. The summed E-state index contributed by atoms with van der Waals surface area (Å²) in [5.41, 5.74) is 0.0538.